The summed E-state index contributed by atoms with van der Waals surface area (Å²) in [4.78, 5) is 0. The lowest BCUT2D eigenvalue weighted by Gasteiger charge is -2.23. The van der Waals surface area contributed by atoms with E-state index < -0.39 is 0 Å². The maximum absolute atomic E-state index is 2.42. The van der Waals surface area contributed by atoms with Gasteiger partial charge in [-0.3, -0.25) is 0 Å². The van der Waals surface area contributed by atoms with E-state index >= 15 is 0 Å². The number of benzene rings is 11. The molecule has 0 fully saturated rings. The summed E-state index contributed by atoms with van der Waals surface area (Å²) in [5.74, 6) is 0. The molecule has 0 N–H and O–H groups in total. The summed E-state index contributed by atoms with van der Waals surface area (Å²) in [5.41, 5.74) is 15.5. The molecule has 0 radical (unpaired) electrons. The Hall–Kier alpha value is -7.28. The third-order valence-corrected chi connectivity index (χ3v) is 13.2. The molecular formula is C59H40. The molecule has 0 saturated heterocycles. The summed E-state index contributed by atoms with van der Waals surface area (Å²) in [5, 5.41) is 12.8. The van der Waals surface area contributed by atoms with Crippen molar-refractivity contribution in [3.63, 3.8) is 0 Å². The molecule has 0 bridgehead atoms. The average Bonchev–Trinajstić information content (AvgIpc) is 3.53. The molecule has 0 aromatic heterocycles. The van der Waals surface area contributed by atoms with Crippen molar-refractivity contribution >= 4 is 53.9 Å². The zero-order chi connectivity index (χ0) is 39.2. The van der Waals surface area contributed by atoms with Gasteiger partial charge in [0, 0.05) is 5.41 Å². The van der Waals surface area contributed by atoms with Crippen LogP contribution in [0, 0.1) is 0 Å². The summed E-state index contributed by atoms with van der Waals surface area (Å²) in [7, 11) is 0. The van der Waals surface area contributed by atoms with Gasteiger partial charge in [-0.05, 0) is 133 Å². The number of hydrogen-bond donors (Lipinski definition) is 0. The largest absolute Gasteiger partial charge is 0.0616 e. The minimum Gasteiger partial charge on any atom is -0.0616 e. The topological polar surface area (TPSA) is 0 Å². The summed E-state index contributed by atoms with van der Waals surface area (Å²) < 4.78 is 0. The van der Waals surface area contributed by atoms with E-state index in [1.165, 1.54) is 121 Å². The van der Waals surface area contributed by atoms with E-state index in [0.29, 0.717) is 0 Å². The van der Waals surface area contributed by atoms with Crippen LogP contribution in [0.1, 0.15) is 25.0 Å². The fourth-order valence-electron chi connectivity index (χ4n) is 10.6. The number of rotatable bonds is 4. The van der Waals surface area contributed by atoms with Gasteiger partial charge in [-0.2, -0.15) is 0 Å². The first kappa shape index (κ1) is 33.8. The van der Waals surface area contributed by atoms with Crippen molar-refractivity contribution in [1.82, 2.24) is 0 Å². The Morgan fingerprint density at radius 3 is 1.47 bits per heavy atom. The molecule has 59 heavy (non-hydrogen) atoms. The molecule has 276 valence electrons. The van der Waals surface area contributed by atoms with E-state index in [9.17, 15) is 0 Å². The van der Waals surface area contributed by atoms with Gasteiger partial charge in [-0.15, -0.1) is 0 Å². The molecule has 1 aliphatic carbocycles. The van der Waals surface area contributed by atoms with Crippen LogP contribution in [-0.4, -0.2) is 0 Å². The molecule has 0 aliphatic heterocycles. The molecular weight excluding hydrogens is 709 g/mol. The number of hydrogen-bond acceptors (Lipinski definition) is 0. The predicted octanol–water partition coefficient (Wildman–Crippen LogP) is 16.4. The lowest BCUT2D eigenvalue weighted by molar-refractivity contribution is 0.666. The normalized spacial score (nSPS) is 13.1. The summed E-state index contributed by atoms with van der Waals surface area (Å²) in [6.07, 6.45) is 0. The van der Waals surface area contributed by atoms with Crippen molar-refractivity contribution in [2.45, 2.75) is 19.3 Å². The standard InChI is InChI=1S/C59H40/c1-59(2)55-34-32-40(35-54(55)52-33-31-38-15-3-6-18-43(38)58(52)59)37-27-29-39(30-28-37)56-48-23-11-13-25-50(48)57(51-26-14-12-24-49(51)56)47-22-10-9-21-46(47)53-36-41-16-4-5-17-42(41)44-19-7-8-20-45(44)53/h3-36H,1-2H3. The molecule has 1 aliphatic rings. The Bertz CT molecular complexity index is 3450. The Kier molecular flexibility index (Phi) is 7.38. The highest BCUT2D eigenvalue weighted by Crippen LogP contribution is 2.53. The van der Waals surface area contributed by atoms with E-state index in [2.05, 4.69) is 220 Å². The van der Waals surface area contributed by atoms with E-state index in [1.807, 2.05) is 0 Å². The first-order valence-corrected chi connectivity index (χ1v) is 20.8. The highest BCUT2D eigenvalue weighted by atomic mass is 14.4. The fraction of sp³-hybridized carbons (Fsp3) is 0.0508. The quantitative estimate of drug-likeness (QED) is 0.124. The highest BCUT2D eigenvalue weighted by Gasteiger charge is 2.37. The third-order valence-electron chi connectivity index (χ3n) is 13.2. The SMILES string of the molecule is CC1(C)c2ccc(-c3ccc(-c4c5ccccc5c(-c5ccccc5-c5cc6ccccc6c6ccccc56)c5ccccc45)cc3)cc2-c2ccc3ccccc3c21. The van der Waals surface area contributed by atoms with E-state index in [-0.39, 0.29) is 5.41 Å². The molecule has 11 aromatic carbocycles. The Morgan fingerprint density at radius 1 is 0.271 bits per heavy atom. The van der Waals surface area contributed by atoms with Crippen molar-refractivity contribution in [3.8, 4) is 55.6 Å². The van der Waals surface area contributed by atoms with Crippen LogP contribution in [-0.2, 0) is 5.41 Å². The minimum absolute atomic E-state index is 0.0635. The van der Waals surface area contributed by atoms with Crippen molar-refractivity contribution in [2.24, 2.45) is 0 Å². The van der Waals surface area contributed by atoms with Gasteiger partial charge in [0.15, 0.2) is 0 Å². The van der Waals surface area contributed by atoms with Crippen molar-refractivity contribution in [3.05, 3.63) is 217 Å². The molecule has 11 aromatic rings. The van der Waals surface area contributed by atoms with Crippen LogP contribution < -0.4 is 0 Å². The van der Waals surface area contributed by atoms with Crippen LogP contribution in [0.3, 0.4) is 0 Å². The molecule has 0 amide bonds. The Labute approximate surface area is 344 Å². The number of fused-ring (bicyclic) bond motifs is 10. The smallest absolute Gasteiger partial charge is 0.0165 e. The molecule has 0 heteroatoms. The molecule has 0 unspecified atom stereocenters. The minimum atomic E-state index is -0.0635. The van der Waals surface area contributed by atoms with Gasteiger partial charge >= 0.3 is 0 Å². The molecule has 0 spiro atoms. The molecule has 0 atom stereocenters. The van der Waals surface area contributed by atoms with Crippen LogP contribution in [0.4, 0.5) is 0 Å². The van der Waals surface area contributed by atoms with Crippen LogP contribution in [0.15, 0.2) is 206 Å². The Balaban J connectivity index is 1.01. The predicted molar refractivity (Wildman–Crippen MR) is 253 cm³/mol. The van der Waals surface area contributed by atoms with Gasteiger partial charge in [0.2, 0.25) is 0 Å². The maximum atomic E-state index is 2.42. The first-order valence-electron chi connectivity index (χ1n) is 20.8. The van der Waals surface area contributed by atoms with Crippen LogP contribution >= 0.6 is 0 Å². The van der Waals surface area contributed by atoms with Crippen LogP contribution in [0.2, 0.25) is 0 Å². The van der Waals surface area contributed by atoms with Gasteiger partial charge in [-0.25, -0.2) is 0 Å². The maximum Gasteiger partial charge on any atom is 0.0165 e. The molecule has 12 rings (SSSR count). The lowest BCUT2D eigenvalue weighted by atomic mass is 9.80. The second-order valence-corrected chi connectivity index (χ2v) is 16.7. The van der Waals surface area contributed by atoms with E-state index in [0.717, 1.165) is 0 Å². The van der Waals surface area contributed by atoms with Gasteiger partial charge in [-0.1, -0.05) is 208 Å². The highest BCUT2D eigenvalue weighted by molar-refractivity contribution is 6.23. The van der Waals surface area contributed by atoms with E-state index in [1.54, 1.807) is 0 Å². The monoisotopic (exact) mass is 748 g/mol. The van der Waals surface area contributed by atoms with E-state index in [4.69, 9.17) is 0 Å². The molecule has 0 saturated carbocycles. The second-order valence-electron chi connectivity index (χ2n) is 16.7. The summed E-state index contributed by atoms with van der Waals surface area (Å²) in [6.45, 7) is 4.75. The summed E-state index contributed by atoms with van der Waals surface area (Å²) in [6, 6.07) is 76.9. The third kappa shape index (κ3) is 5.03. The van der Waals surface area contributed by atoms with Crippen LogP contribution in [0.25, 0.3) is 109 Å². The summed E-state index contributed by atoms with van der Waals surface area (Å²) >= 11 is 0. The first-order chi connectivity index (χ1) is 29.0. The average molecular weight is 749 g/mol. The second kappa shape index (κ2) is 12.9. The fourth-order valence-corrected chi connectivity index (χ4v) is 10.6. The van der Waals surface area contributed by atoms with Crippen molar-refractivity contribution in [1.29, 1.82) is 0 Å². The van der Waals surface area contributed by atoms with Gasteiger partial charge in [0.1, 0.15) is 0 Å². The van der Waals surface area contributed by atoms with Gasteiger partial charge in [0.25, 0.3) is 0 Å². The van der Waals surface area contributed by atoms with Crippen LogP contribution in [0.5, 0.6) is 0 Å². The van der Waals surface area contributed by atoms with Crippen molar-refractivity contribution < 1.29 is 0 Å². The molecule has 0 heterocycles. The zero-order valence-corrected chi connectivity index (χ0v) is 33.1. The van der Waals surface area contributed by atoms with Crippen molar-refractivity contribution in [2.75, 3.05) is 0 Å². The zero-order valence-electron chi connectivity index (χ0n) is 33.1. The lowest BCUT2D eigenvalue weighted by Crippen LogP contribution is -2.15. The van der Waals surface area contributed by atoms with Gasteiger partial charge in [0.05, 0.1) is 0 Å². The molecule has 0 nitrogen and oxygen atoms in total. The Morgan fingerprint density at radius 2 is 0.780 bits per heavy atom. The van der Waals surface area contributed by atoms with Gasteiger partial charge < -0.3 is 0 Å².